The number of amides is 1. The lowest BCUT2D eigenvalue weighted by Gasteiger charge is -2.28. The molecule has 1 atom stereocenters. The molecular weight excluding hydrogens is 394 g/mol. The molecular formula is C21H27NO4S2. The standard InChI is InChI=1S/C21H27NO4S2/c1-15(2)19-7-6-16(3)11-20(19)26-13-21(23)22(12-18-5-4-9-27-18)17-8-10-28(24,25)14-17/h4-7,9,11,15,17H,8,10,12-14H2,1-3H3/t17-/m1/s1. The summed E-state index contributed by atoms with van der Waals surface area (Å²) in [5.74, 6) is 1.01. The molecule has 3 rings (SSSR count). The van der Waals surface area contributed by atoms with Gasteiger partial charge < -0.3 is 9.64 Å². The molecule has 1 fully saturated rings. The van der Waals surface area contributed by atoms with Gasteiger partial charge in [-0.2, -0.15) is 0 Å². The van der Waals surface area contributed by atoms with E-state index < -0.39 is 9.84 Å². The number of thiophene rings is 1. The first kappa shape index (κ1) is 20.9. The number of nitrogens with zero attached hydrogens (tertiary/aromatic N) is 1. The van der Waals surface area contributed by atoms with Gasteiger partial charge in [0, 0.05) is 10.9 Å². The molecule has 0 bridgehead atoms. The average Bonchev–Trinajstić information content (AvgIpc) is 3.26. The Morgan fingerprint density at radius 3 is 2.71 bits per heavy atom. The minimum atomic E-state index is -3.07. The zero-order chi connectivity index (χ0) is 20.3. The normalized spacial score (nSPS) is 18.4. The first-order valence-electron chi connectivity index (χ1n) is 9.51. The van der Waals surface area contributed by atoms with Crippen LogP contribution in [0.3, 0.4) is 0 Å². The van der Waals surface area contributed by atoms with E-state index in [1.165, 1.54) is 0 Å². The minimum Gasteiger partial charge on any atom is -0.483 e. The van der Waals surface area contributed by atoms with Crippen LogP contribution in [0.2, 0.25) is 0 Å². The molecule has 28 heavy (non-hydrogen) atoms. The Kier molecular flexibility index (Phi) is 6.45. The summed E-state index contributed by atoms with van der Waals surface area (Å²) in [6.45, 7) is 6.50. The van der Waals surface area contributed by atoms with Gasteiger partial charge in [0.25, 0.3) is 5.91 Å². The summed E-state index contributed by atoms with van der Waals surface area (Å²) in [6.07, 6.45) is 0.487. The molecule has 1 aromatic carbocycles. The van der Waals surface area contributed by atoms with Crippen LogP contribution in [0.5, 0.6) is 5.75 Å². The van der Waals surface area contributed by atoms with Gasteiger partial charge in [0.2, 0.25) is 0 Å². The number of rotatable bonds is 7. The molecule has 1 saturated heterocycles. The van der Waals surface area contributed by atoms with Gasteiger partial charge in [-0.25, -0.2) is 8.42 Å². The fourth-order valence-electron chi connectivity index (χ4n) is 3.48. The lowest BCUT2D eigenvalue weighted by atomic mass is 10.0. The van der Waals surface area contributed by atoms with E-state index >= 15 is 0 Å². The van der Waals surface area contributed by atoms with Gasteiger partial charge >= 0.3 is 0 Å². The number of carbonyl (C=O) groups is 1. The molecule has 152 valence electrons. The van der Waals surface area contributed by atoms with Gasteiger partial charge in [-0.15, -0.1) is 11.3 Å². The highest BCUT2D eigenvalue weighted by Crippen LogP contribution is 2.28. The lowest BCUT2D eigenvalue weighted by molar-refractivity contribution is -0.135. The van der Waals surface area contributed by atoms with E-state index in [9.17, 15) is 13.2 Å². The van der Waals surface area contributed by atoms with E-state index in [1.807, 2.05) is 42.6 Å². The van der Waals surface area contributed by atoms with E-state index in [0.29, 0.717) is 13.0 Å². The Labute approximate surface area is 171 Å². The van der Waals surface area contributed by atoms with E-state index in [1.54, 1.807) is 16.2 Å². The maximum atomic E-state index is 13.0. The number of hydrogen-bond acceptors (Lipinski definition) is 5. The van der Waals surface area contributed by atoms with E-state index in [0.717, 1.165) is 21.8 Å². The van der Waals surface area contributed by atoms with Crippen molar-refractivity contribution < 1.29 is 17.9 Å². The number of aryl methyl sites for hydroxylation is 1. The van der Waals surface area contributed by atoms with Crippen LogP contribution in [-0.4, -0.2) is 43.4 Å². The fraction of sp³-hybridized carbons (Fsp3) is 0.476. The summed E-state index contributed by atoms with van der Waals surface area (Å²) >= 11 is 1.57. The SMILES string of the molecule is Cc1ccc(C(C)C)c(OCC(=O)N(Cc2cccs2)[C@@H]2CCS(=O)(=O)C2)c1. The number of hydrogen-bond donors (Lipinski definition) is 0. The summed E-state index contributed by atoms with van der Waals surface area (Å²) in [4.78, 5) is 15.7. The summed E-state index contributed by atoms with van der Waals surface area (Å²) in [5.41, 5.74) is 2.14. The third kappa shape index (κ3) is 5.14. The monoisotopic (exact) mass is 421 g/mol. The Balaban J connectivity index is 1.75. The molecule has 0 radical (unpaired) electrons. The van der Waals surface area contributed by atoms with Gasteiger partial charge in [0.15, 0.2) is 16.4 Å². The molecule has 1 amide bonds. The van der Waals surface area contributed by atoms with E-state index in [-0.39, 0.29) is 36.0 Å². The molecule has 1 aliphatic heterocycles. The van der Waals surface area contributed by atoms with Crippen LogP contribution in [0.4, 0.5) is 0 Å². The van der Waals surface area contributed by atoms with Crippen molar-refractivity contribution in [1.82, 2.24) is 4.90 Å². The first-order valence-corrected chi connectivity index (χ1v) is 12.2. The van der Waals surface area contributed by atoms with Crippen LogP contribution in [-0.2, 0) is 21.2 Å². The smallest absolute Gasteiger partial charge is 0.261 e. The van der Waals surface area contributed by atoms with Crippen molar-refractivity contribution in [3.8, 4) is 5.75 Å². The molecule has 0 spiro atoms. The van der Waals surface area contributed by atoms with Crippen LogP contribution < -0.4 is 4.74 Å². The molecule has 7 heteroatoms. The van der Waals surface area contributed by atoms with Crippen molar-refractivity contribution >= 4 is 27.1 Å². The highest BCUT2D eigenvalue weighted by molar-refractivity contribution is 7.91. The number of ether oxygens (including phenoxy) is 1. The second-order valence-corrected chi connectivity index (χ2v) is 10.9. The van der Waals surface area contributed by atoms with Crippen LogP contribution in [0, 0.1) is 6.92 Å². The molecule has 1 aromatic heterocycles. The van der Waals surface area contributed by atoms with Crippen molar-refractivity contribution in [1.29, 1.82) is 0 Å². The second kappa shape index (κ2) is 8.66. The number of sulfone groups is 1. The molecule has 0 unspecified atom stereocenters. The lowest BCUT2D eigenvalue weighted by Crippen LogP contribution is -2.42. The molecule has 2 aromatic rings. The van der Waals surface area contributed by atoms with Crippen molar-refractivity contribution in [2.24, 2.45) is 0 Å². The Hall–Kier alpha value is -1.86. The van der Waals surface area contributed by atoms with Crippen LogP contribution >= 0.6 is 11.3 Å². The molecule has 0 N–H and O–H groups in total. The highest BCUT2D eigenvalue weighted by atomic mass is 32.2. The van der Waals surface area contributed by atoms with Gasteiger partial charge in [-0.1, -0.05) is 32.0 Å². The largest absolute Gasteiger partial charge is 0.483 e. The van der Waals surface area contributed by atoms with Gasteiger partial charge in [-0.3, -0.25) is 4.79 Å². The summed E-state index contributed by atoms with van der Waals surface area (Å²) < 4.78 is 29.8. The number of carbonyl (C=O) groups excluding carboxylic acids is 1. The summed E-state index contributed by atoms with van der Waals surface area (Å²) in [6, 6.07) is 9.64. The number of benzene rings is 1. The van der Waals surface area contributed by atoms with Crippen molar-refractivity contribution in [2.45, 2.75) is 45.7 Å². The minimum absolute atomic E-state index is 0.0335. The van der Waals surface area contributed by atoms with Crippen LogP contribution in [0.1, 0.15) is 42.2 Å². The quantitative estimate of drug-likeness (QED) is 0.683. The predicted octanol–water partition coefficient (Wildman–Crippen LogP) is 3.77. The zero-order valence-corrected chi connectivity index (χ0v) is 18.2. The Morgan fingerprint density at radius 2 is 2.11 bits per heavy atom. The zero-order valence-electron chi connectivity index (χ0n) is 16.6. The Bertz CT molecular complexity index is 920. The third-order valence-electron chi connectivity index (χ3n) is 5.02. The van der Waals surface area contributed by atoms with Crippen LogP contribution in [0.15, 0.2) is 35.7 Å². The van der Waals surface area contributed by atoms with Gasteiger partial charge in [0.1, 0.15) is 5.75 Å². The summed E-state index contributed by atoms with van der Waals surface area (Å²) in [7, 11) is -3.07. The molecule has 2 heterocycles. The predicted molar refractivity (Wildman–Crippen MR) is 113 cm³/mol. The van der Waals surface area contributed by atoms with Crippen molar-refractivity contribution in [2.75, 3.05) is 18.1 Å². The topological polar surface area (TPSA) is 63.7 Å². The van der Waals surface area contributed by atoms with E-state index in [4.69, 9.17) is 4.74 Å². The Morgan fingerprint density at radius 1 is 1.32 bits per heavy atom. The molecule has 5 nitrogen and oxygen atoms in total. The van der Waals surface area contributed by atoms with Crippen molar-refractivity contribution in [3.05, 3.63) is 51.7 Å². The maximum Gasteiger partial charge on any atom is 0.261 e. The average molecular weight is 422 g/mol. The van der Waals surface area contributed by atoms with Gasteiger partial charge in [0.05, 0.1) is 18.1 Å². The van der Waals surface area contributed by atoms with Crippen LogP contribution in [0.25, 0.3) is 0 Å². The highest BCUT2D eigenvalue weighted by Gasteiger charge is 2.35. The second-order valence-electron chi connectivity index (χ2n) is 7.64. The van der Waals surface area contributed by atoms with Gasteiger partial charge in [-0.05, 0) is 47.9 Å². The summed E-state index contributed by atoms with van der Waals surface area (Å²) in [5, 5.41) is 1.96. The fourth-order valence-corrected chi connectivity index (χ4v) is 5.91. The van der Waals surface area contributed by atoms with E-state index in [2.05, 4.69) is 13.8 Å². The molecule has 0 aliphatic carbocycles. The first-order chi connectivity index (χ1) is 13.2. The molecule has 0 saturated carbocycles. The van der Waals surface area contributed by atoms with Crippen molar-refractivity contribution in [3.63, 3.8) is 0 Å². The third-order valence-corrected chi connectivity index (χ3v) is 7.63. The molecule has 1 aliphatic rings. The maximum absolute atomic E-state index is 13.0.